The SMILES string of the molecule is Br.CCCCC1Oc2c(C3=CSC4=NCCN34)cc(Cl)cc2N(C)C1=O. The number of anilines is 1. The highest BCUT2D eigenvalue weighted by Gasteiger charge is 2.36. The molecule has 1 unspecified atom stereocenters. The van der Waals surface area contributed by atoms with Crippen LogP contribution in [0.1, 0.15) is 31.7 Å². The van der Waals surface area contributed by atoms with E-state index in [1.807, 2.05) is 6.07 Å². The zero-order valence-corrected chi connectivity index (χ0v) is 18.0. The van der Waals surface area contributed by atoms with Gasteiger partial charge in [-0.3, -0.25) is 9.79 Å². The summed E-state index contributed by atoms with van der Waals surface area (Å²) in [6.45, 7) is 3.79. The molecule has 0 radical (unpaired) electrons. The number of thioether (sulfide) groups is 1. The lowest BCUT2D eigenvalue weighted by Crippen LogP contribution is -2.44. The largest absolute Gasteiger partial charge is 0.478 e. The Hall–Kier alpha value is -1.18. The van der Waals surface area contributed by atoms with Gasteiger partial charge in [0.15, 0.2) is 17.0 Å². The van der Waals surface area contributed by atoms with Gasteiger partial charge in [-0.1, -0.05) is 36.7 Å². The average molecular weight is 459 g/mol. The van der Waals surface area contributed by atoms with E-state index in [2.05, 4.69) is 22.2 Å². The molecule has 4 rings (SSSR count). The van der Waals surface area contributed by atoms with Crippen LogP contribution in [0.3, 0.4) is 0 Å². The maximum absolute atomic E-state index is 12.6. The number of ether oxygens (including phenoxy) is 1. The second kappa shape index (κ2) is 7.82. The van der Waals surface area contributed by atoms with E-state index in [4.69, 9.17) is 16.3 Å². The Kier molecular flexibility index (Phi) is 5.89. The maximum Gasteiger partial charge on any atom is 0.267 e. The van der Waals surface area contributed by atoms with Crippen molar-refractivity contribution in [2.24, 2.45) is 4.99 Å². The van der Waals surface area contributed by atoms with Crippen molar-refractivity contribution in [3.05, 3.63) is 28.1 Å². The third-order valence-electron chi connectivity index (χ3n) is 4.73. The van der Waals surface area contributed by atoms with Crippen LogP contribution < -0.4 is 9.64 Å². The number of hydrogen-bond acceptors (Lipinski definition) is 5. The highest BCUT2D eigenvalue weighted by atomic mass is 79.9. The fourth-order valence-electron chi connectivity index (χ4n) is 3.37. The van der Waals surface area contributed by atoms with Gasteiger partial charge in [0.05, 0.1) is 17.9 Å². The second-order valence-electron chi connectivity index (χ2n) is 6.38. The molecule has 1 amide bonds. The molecular weight excluding hydrogens is 438 g/mol. The summed E-state index contributed by atoms with van der Waals surface area (Å²) in [4.78, 5) is 21.0. The number of carbonyl (C=O) groups excluding carboxylic acids is 1. The molecule has 0 saturated carbocycles. The summed E-state index contributed by atoms with van der Waals surface area (Å²) in [7, 11) is 1.79. The van der Waals surface area contributed by atoms with Gasteiger partial charge in [-0.2, -0.15) is 0 Å². The maximum atomic E-state index is 12.6. The Morgan fingerprint density at radius 3 is 3.00 bits per heavy atom. The lowest BCUT2D eigenvalue weighted by atomic mass is 10.0. The highest BCUT2D eigenvalue weighted by molar-refractivity contribution is 8.93. The number of halogens is 2. The number of benzene rings is 1. The molecule has 8 heteroatoms. The van der Waals surface area contributed by atoms with Crippen LogP contribution in [-0.2, 0) is 4.79 Å². The molecule has 3 heterocycles. The quantitative estimate of drug-likeness (QED) is 0.664. The van der Waals surface area contributed by atoms with Gasteiger partial charge in [0, 0.05) is 29.6 Å². The van der Waals surface area contributed by atoms with Crippen molar-refractivity contribution in [1.82, 2.24) is 4.90 Å². The Balaban J connectivity index is 0.00000196. The molecule has 5 nitrogen and oxygen atoms in total. The number of carbonyl (C=O) groups is 1. The van der Waals surface area contributed by atoms with Gasteiger partial charge in [0.1, 0.15) is 0 Å². The van der Waals surface area contributed by atoms with Crippen molar-refractivity contribution in [2.75, 3.05) is 25.0 Å². The number of amides is 1. The van der Waals surface area contributed by atoms with E-state index in [9.17, 15) is 4.79 Å². The first-order valence-electron chi connectivity index (χ1n) is 8.57. The molecule has 1 aromatic rings. The molecule has 0 N–H and O–H groups in total. The predicted molar refractivity (Wildman–Crippen MR) is 114 cm³/mol. The molecule has 1 aromatic carbocycles. The lowest BCUT2D eigenvalue weighted by molar-refractivity contribution is -0.126. The highest BCUT2D eigenvalue weighted by Crippen LogP contribution is 2.46. The predicted octanol–water partition coefficient (Wildman–Crippen LogP) is 4.55. The summed E-state index contributed by atoms with van der Waals surface area (Å²) in [5.41, 5.74) is 2.72. The van der Waals surface area contributed by atoms with E-state index in [1.165, 1.54) is 0 Å². The fraction of sp³-hybridized carbons (Fsp3) is 0.444. The van der Waals surface area contributed by atoms with Gasteiger partial charge in [0.2, 0.25) is 0 Å². The molecular formula is C18H21BrClN3O2S. The van der Waals surface area contributed by atoms with Crippen LogP contribution in [0.15, 0.2) is 22.5 Å². The van der Waals surface area contributed by atoms with Gasteiger partial charge in [-0.25, -0.2) is 0 Å². The summed E-state index contributed by atoms with van der Waals surface area (Å²) < 4.78 is 6.20. The first-order chi connectivity index (χ1) is 12.1. The second-order valence-corrected chi connectivity index (χ2v) is 7.66. The Morgan fingerprint density at radius 2 is 2.23 bits per heavy atom. The van der Waals surface area contributed by atoms with E-state index in [1.54, 1.807) is 29.8 Å². The third-order valence-corrected chi connectivity index (χ3v) is 5.85. The molecule has 0 fully saturated rings. The van der Waals surface area contributed by atoms with Gasteiger partial charge in [-0.05, 0) is 25.0 Å². The van der Waals surface area contributed by atoms with E-state index in [0.717, 1.165) is 60.2 Å². The molecule has 140 valence electrons. The van der Waals surface area contributed by atoms with Crippen molar-refractivity contribution >= 4 is 62.8 Å². The lowest BCUT2D eigenvalue weighted by Gasteiger charge is -2.34. The minimum absolute atomic E-state index is 0. The number of rotatable bonds is 4. The van der Waals surface area contributed by atoms with Crippen molar-refractivity contribution in [3.63, 3.8) is 0 Å². The van der Waals surface area contributed by atoms with Crippen LogP contribution in [-0.4, -0.2) is 42.2 Å². The standard InChI is InChI=1S/C18H20ClN3O2S.BrH/c1-3-4-5-15-17(23)21(2)13-9-11(19)8-12(16(13)24-15)14-10-25-18-20-6-7-22(14)18;/h8-10,15H,3-7H2,1-2H3;1H. The molecule has 0 spiro atoms. The monoisotopic (exact) mass is 457 g/mol. The normalized spacial score (nSPS) is 20.9. The van der Waals surface area contributed by atoms with Crippen LogP contribution in [0.25, 0.3) is 5.70 Å². The minimum atomic E-state index is -0.432. The van der Waals surface area contributed by atoms with Crippen molar-refractivity contribution in [1.29, 1.82) is 0 Å². The molecule has 0 saturated heterocycles. The molecule has 3 aliphatic rings. The summed E-state index contributed by atoms with van der Waals surface area (Å²) >= 11 is 7.98. The van der Waals surface area contributed by atoms with E-state index in [0.29, 0.717) is 5.02 Å². The first kappa shape index (κ1) is 19.6. The molecule has 26 heavy (non-hydrogen) atoms. The smallest absolute Gasteiger partial charge is 0.267 e. The Labute approximate surface area is 173 Å². The Morgan fingerprint density at radius 1 is 1.42 bits per heavy atom. The number of unbranched alkanes of at least 4 members (excludes halogenated alkanes) is 1. The fourth-order valence-corrected chi connectivity index (χ4v) is 4.54. The number of likely N-dealkylation sites (N-methyl/N-ethyl adjacent to an activating group) is 1. The Bertz CT molecular complexity index is 799. The molecule has 0 aromatic heterocycles. The van der Waals surface area contributed by atoms with E-state index >= 15 is 0 Å². The zero-order chi connectivity index (χ0) is 17.6. The van der Waals surface area contributed by atoms with Crippen molar-refractivity contribution < 1.29 is 9.53 Å². The van der Waals surface area contributed by atoms with Crippen molar-refractivity contribution in [2.45, 2.75) is 32.3 Å². The van der Waals surface area contributed by atoms with Crippen LogP contribution >= 0.6 is 40.3 Å². The van der Waals surface area contributed by atoms with Gasteiger partial charge in [-0.15, -0.1) is 17.0 Å². The molecule has 0 bridgehead atoms. The van der Waals surface area contributed by atoms with Crippen LogP contribution in [0.2, 0.25) is 5.02 Å². The zero-order valence-electron chi connectivity index (χ0n) is 14.7. The van der Waals surface area contributed by atoms with Crippen LogP contribution in [0.4, 0.5) is 5.69 Å². The third kappa shape index (κ3) is 3.25. The summed E-state index contributed by atoms with van der Waals surface area (Å²) in [6, 6.07) is 3.73. The van der Waals surface area contributed by atoms with Crippen LogP contribution in [0.5, 0.6) is 5.75 Å². The minimum Gasteiger partial charge on any atom is -0.478 e. The van der Waals surface area contributed by atoms with E-state index < -0.39 is 6.10 Å². The van der Waals surface area contributed by atoms with Crippen LogP contribution in [0, 0.1) is 0 Å². The molecule has 0 aliphatic carbocycles. The van der Waals surface area contributed by atoms with Gasteiger partial charge >= 0.3 is 0 Å². The number of nitrogens with zero attached hydrogens (tertiary/aromatic N) is 3. The number of hydrogen-bond donors (Lipinski definition) is 0. The number of amidine groups is 1. The summed E-state index contributed by atoms with van der Waals surface area (Å²) in [5.74, 6) is 0.736. The number of fused-ring (bicyclic) bond motifs is 2. The van der Waals surface area contributed by atoms with Crippen molar-refractivity contribution in [3.8, 4) is 5.75 Å². The molecule has 3 aliphatic heterocycles. The molecule has 1 atom stereocenters. The number of aliphatic imine (C=N–C) groups is 1. The summed E-state index contributed by atoms with van der Waals surface area (Å²) in [6.07, 6.45) is 2.29. The first-order valence-corrected chi connectivity index (χ1v) is 9.83. The topological polar surface area (TPSA) is 45.1 Å². The summed E-state index contributed by atoms with van der Waals surface area (Å²) in [5, 5.41) is 3.70. The van der Waals surface area contributed by atoms with Gasteiger partial charge < -0.3 is 14.5 Å². The van der Waals surface area contributed by atoms with E-state index in [-0.39, 0.29) is 22.9 Å². The van der Waals surface area contributed by atoms with Gasteiger partial charge in [0.25, 0.3) is 5.91 Å². The average Bonchev–Trinajstić information content (AvgIpc) is 3.20.